The topological polar surface area (TPSA) is 192 Å². The number of phenolic OH excluding ortho intramolecular Hbond substituents is 1. The predicted molar refractivity (Wildman–Crippen MR) is 69.6 cm³/mol. The first kappa shape index (κ1) is 25.3. The van der Waals surface area contributed by atoms with Crippen LogP contribution in [0.5, 0.6) is 5.75 Å². The Balaban J connectivity index is 0. The van der Waals surface area contributed by atoms with Gasteiger partial charge in [0, 0.05) is 10.8 Å². The molecule has 0 atom stereocenters. The van der Waals surface area contributed by atoms with Gasteiger partial charge in [-0.25, -0.2) is 16.8 Å². The maximum Gasteiger partial charge on any atom is 1.00 e. The van der Waals surface area contributed by atoms with Gasteiger partial charge in [0.05, 0.1) is 15.5 Å². The fraction of sp³-hybridized carbons (Fsp3) is 0. The van der Waals surface area contributed by atoms with Crippen LogP contribution >= 0.6 is 0 Å². The SMILES string of the molecule is Nc1c(S(=O)(=O)[O-])cc(S(=O)(=O)[O-])c2cccc(O)c12.O.[Na+].[Na+]. The van der Waals surface area contributed by atoms with Crippen LogP contribution in [-0.4, -0.2) is 36.5 Å². The van der Waals surface area contributed by atoms with Crippen molar-refractivity contribution in [2.75, 3.05) is 5.73 Å². The molecule has 0 heterocycles. The van der Waals surface area contributed by atoms with Crippen molar-refractivity contribution >= 4 is 36.7 Å². The molecule has 2 aromatic rings. The van der Waals surface area contributed by atoms with Crippen LogP contribution in [0.4, 0.5) is 5.69 Å². The van der Waals surface area contributed by atoms with Gasteiger partial charge in [-0.05, 0) is 12.1 Å². The number of aromatic hydroxyl groups is 1. The molecule has 5 N–H and O–H groups in total. The van der Waals surface area contributed by atoms with E-state index >= 15 is 0 Å². The van der Waals surface area contributed by atoms with Crippen molar-refractivity contribution in [1.29, 1.82) is 0 Å². The van der Waals surface area contributed by atoms with Gasteiger partial charge in [0.1, 0.15) is 26.0 Å². The van der Waals surface area contributed by atoms with Crippen molar-refractivity contribution in [3.63, 3.8) is 0 Å². The molecule has 0 saturated carbocycles. The van der Waals surface area contributed by atoms with Crippen LogP contribution in [0.25, 0.3) is 10.8 Å². The number of nitrogens with two attached hydrogens (primary N) is 1. The van der Waals surface area contributed by atoms with Crippen LogP contribution in [0.3, 0.4) is 0 Å². The molecule has 0 radical (unpaired) electrons. The molecule has 2 aromatic carbocycles. The minimum absolute atomic E-state index is 0. The standard InChI is InChI=1S/C10H9NO7S2.2Na.H2O/c11-10-8(20(16,17)18)4-7(19(13,14)15)5-2-1-3-6(12)9(5)10;;;/h1-4,12H,11H2,(H,13,14,15)(H,16,17,18);;;1H2/q;2*+1;/p-2. The summed E-state index contributed by atoms with van der Waals surface area (Å²) in [6.45, 7) is 0. The smallest absolute Gasteiger partial charge is 0.744 e. The number of hydrogen-bond donors (Lipinski definition) is 2. The van der Waals surface area contributed by atoms with Gasteiger partial charge in [-0.1, -0.05) is 12.1 Å². The molecule has 0 saturated heterocycles. The van der Waals surface area contributed by atoms with Crippen molar-refractivity contribution in [3.05, 3.63) is 24.3 Å². The van der Waals surface area contributed by atoms with Crippen molar-refractivity contribution in [1.82, 2.24) is 0 Å². The van der Waals surface area contributed by atoms with Crippen LogP contribution in [-0.2, 0) is 20.2 Å². The van der Waals surface area contributed by atoms with Gasteiger partial charge in [-0.15, -0.1) is 0 Å². The molecule has 0 amide bonds. The molecule has 0 aliphatic carbocycles. The molecule has 2 rings (SSSR count). The molecule has 0 fully saturated rings. The third-order valence-electron chi connectivity index (χ3n) is 2.64. The van der Waals surface area contributed by atoms with Crippen molar-refractivity contribution in [2.24, 2.45) is 0 Å². The van der Waals surface area contributed by atoms with E-state index in [0.717, 1.165) is 12.1 Å². The summed E-state index contributed by atoms with van der Waals surface area (Å²) < 4.78 is 66.7. The number of anilines is 1. The van der Waals surface area contributed by atoms with Gasteiger partial charge < -0.3 is 25.4 Å². The van der Waals surface area contributed by atoms with Crippen LogP contribution < -0.4 is 64.8 Å². The molecule has 0 spiro atoms. The number of phenols is 1. The Kier molecular flexibility index (Phi) is 9.30. The average Bonchev–Trinajstić information content (AvgIpc) is 2.25. The minimum atomic E-state index is -5.11. The zero-order valence-corrected chi connectivity index (χ0v) is 17.7. The van der Waals surface area contributed by atoms with Crippen molar-refractivity contribution in [2.45, 2.75) is 9.79 Å². The summed E-state index contributed by atoms with van der Waals surface area (Å²) in [6.07, 6.45) is 0. The quantitative estimate of drug-likeness (QED) is 0.291. The van der Waals surface area contributed by atoms with E-state index in [4.69, 9.17) is 5.73 Å². The normalized spacial score (nSPS) is 11.0. The third kappa shape index (κ3) is 5.03. The molecule has 23 heavy (non-hydrogen) atoms. The largest absolute Gasteiger partial charge is 1.00 e. The first-order valence-electron chi connectivity index (χ1n) is 4.99. The first-order chi connectivity index (χ1) is 9.03. The first-order valence-corrected chi connectivity index (χ1v) is 7.81. The van der Waals surface area contributed by atoms with Crippen molar-refractivity contribution < 1.29 is 95.6 Å². The second-order valence-corrected chi connectivity index (χ2v) is 6.59. The van der Waals surface area contributed by atoms with Gasteiger partial charge in [0.15, 0.2) is 0 Å². The van der Waals surface area contributed by atoms with Gasteiger partial charge in [-0.3, -0.25) is 0 Å². The molecule has 116 valence electrons. The van der Waals surface area contributed by atoms with Gasteiger partial charge in [-0.2, -0.15) is 0 Å². The predicted octanol–water partition coefficient (Wildman–Crippen LogP) is -6.88. The zero-order valence-electron chi connectivity index (χ0n) is 12.1. The Morgan fingerprint density at radius 3 is 1.87 bits per heavy atom. The van der Waals surface area contributed by atoms with Crippen LogP contribution in [0.15, 0.2) is 34.1 Å². The summed E-state index contributed by atoms with van der Waals surface area (Å²) in [5.41, 5.74) is 4.87. The minimum Gasteiger partial charge on any atom is -0.744 e. The maximum absolute atomic E-state index is 11.2. The van der Waals surface area contributed by atoms with Gasteiger partial charge in [0.25, 0.3) is 0 Å². The number of benzene rings is 2. The fourth-order valence-electron chi connectivity index (χ4n) is 1.84. The Bertz CT molecular complexity index is 928. The molecule has 0 bridgehead atoms. The summed E-state index contributed by atoms with van der Waals surface area (Å²) in [5, 5.41) is 9.02. The second kappa shape index (κ2) is 8.45. The summed E-state index contributed by atoms with van der Waals surface area (Å²) in [4.78, 5) is -2.01. The number of nitrogen functional groups attached to an aromatic ring is 1. The van der Waals surface area contributed by atoms with E-state index in [9.17, 15) is 31.0 Å². The van der Waals surface area contributed by atoms with E-state index in [0.29, 0.717) is 6.07 Å². The second-order valence-electron chi connectivity index (χ2n) is 3.89. The Morgan fingerprint density at radius 1 is 0.957 bits per heavy atom. The van der Waals surface area contributed by atoms with Gasteiger partial charge >= 0.3 is 59.1 Å². The molecule has 13 heteroatoms. The zero-order chi connectivity index (χ0) is 15.3. The number of fused-ring (bicyclic) bond motifs is 1. The summed E-state index contributed by atoms with van der Waals surface area (Å²) in [5.74, 6) is -0.546. The van der Waals surface area contributed by atoms with Gasteiger partial charge in [0.2, 0.25) is 0 Å². The molecule has 0 aromatic heterocycles. The fourth-order valence-corrected chi connectivity index (χ4v) is 3.25. The van der Waals surface area contributed by atoms with E-state index < -0.39 is 41.5 Å². The molecule has 0 unspecified atom stereocenters. The average molecular weight is 381 g/mol. The van der Waals surface area contributed by atoms with E-state index in [1.807, 2.05) is 0 Å². The van der Waals surface area contributed by atoms with E-state index in [2.05, 4.69) is 0 Å². The summed E-state index contributed by atoms with van der Waals surface area (Å²) >= 11 is 0. The van der Waals surface area contributed by atoms with Crippen molar-refractivity contribution in [3.8, 4) is 5.75 Å². The monoisotopic (exact) mass is 381 g/mol. The van der Waals surface area contributed by atoms with Crippen LogP contribution in [0.1, 0.15) is 0 Å². The molecule has 0 aliphatic heterocycles. The third-order valence-corrected chi connectivity index (χ3v) is 4.40. The molecular weight excluding hydrogens is 372 g/mol. The molecular formula is C10H9NNa2O8S2. The molecule has 9 nitrogen and oxygen atoms in total. The summed E-state index contributed by atoms with van der Waals surface area (Å²) in [6, 6.07) is 3.93. The Labute approximate surface area is 176 Å². The van der Waals surface area contributed by atoms with Crippen LogP contribution in [0.2, 0.25) is 0 Å². The van der Waals surface area contributed by atoms with E-state index in [1.165, 1.54) is 6.07 Å². The number of rotatable bonds is 2. The molecule has 0 aliphatic rings. The maximum atomic E-state index is 11.2. The Morgan fingerprint density at radius 2 is 1.43 bits per heavy atom. The Hall–Kier alpha value is 0.0800. The van der Waals surface area contributed by atoms with E-state index in [1.54, 1.807) is 0 Å². The van der Waals surface area contributed by atoms with Crippen LogP contribution in [0, 0.1) is 0 Å². The van der Waals surface area contributed by atoms with E-state index in [-0.39, 0.29) is 75.4 Å². The number of hydrogen-bond acceptors (Lipinski definition) is 8. The summed E-state index contributed by atoms with van der Waals surface area (Å²) in [7, 11) is -10.2.